The van der Waals surface area contributed by atoms with Crippen LogP contribution in [0.1, 0.15) is 43.6 Å². The van der Waals surface area contributed by atoms with Crippen molar-refractivity contribution in [3.05, 3.63) is 34.8 Å². The Kier molecular flexibility index (Phi) is 3.90. The largest absolute Gasteiger partial charge is 0.492 e. The minimum absolute atomic E-state index is 0.282. The van der Waals surface area contributed by atoms with Crippen LogP contribution in [-0.2, 0) is 14.1 Å². The van der Waals surface area contributed by atoms with Gasteiger partial charge < -0.3 is 19.7 Å². The summed E-state index contributed by atoms with van der Waals surface area (Å²) in [4.78, 5) is 23.6. The Bertz CT molecular complexity index is 737. The molecule has 0 aliphatic carbocycles. The summed E-state index contributed by atoms with van der Waals surface area (Å²) in [5.74, 6) is -1.23. The molecule has 1 aromatic carbocycles. The van der Waals surface area contributed by atoms with Crippen LogP contribution < -0.4 is 5.32 Å². The summed E-state index contributed by atoms with van der Waals surface area (Å²) in [5.41, 5.74) is 0.772. The summed E-state index contributed by atoms with van der Waals surface area (Å²) >= 11 is 0. The van der Waals surface area contributed by atoms with Gasteiger partial charge >= 0.3 is 7.12 Å². The van der Waals surface area contributed by atoms with Gasteiger partial charge in [0.05, 0.1) is 29.1 Å². The second kappa shape index (κ2) is 5.55. The average Bonchev–Trinajstić information content (AvgIpc) is 2.90. The molecular weight excluding hydrogens is 309 g/mol. The van der Waals surface area contributed by atoms with Crippen molar-refractivity contribution in [1.29, 1.82) is 0 Å². The van der Waals surface area contributed by atoms with Gasteiger partial charge in [0.15, 0.2) is 0 Å². The van der Waals surface area contributed by atoms with Crippen LogP contribution in [0.15, 0.2) is 23.7 Å². The fraction of sp³-hybridized carbons (Fsp3) is 0.412. The molecule has 0 aromatic heterocycles. The summed E-state index contributed by atoms with van der Waals surface area (Å²) in [6.07, 6.45) is 1.65. The summed E-state index contributed by atoms with van der Waals surface area (Å²) in [5, 5.41) is 12.3. The lowest BCUT2D eigenvalue weighted by atomic mass is 9.77. The molecule has 0 saturated carbocycles. The second-order valence-electron chi connectivity index (χ2n) is 7.02. The number of hydrogen-bond donors (Lipinski definition) is 2. The molecule has 0 radical (unpaired) electrons. The molecule has 0 bridgehead atoms. The van der Waals surface area contributed by atoms with Crippen molar-refractivity contribution in [1.82, 2.24) is 0 Å². The van der Waals surface area contributed by atoms with E-state index in [-0.39, 0.29) is 6.61 Å². The molecule has 0 atom stereocenters. The van der Waals surface area contributed by atoms with Crippen LogP contribution in [-0.4, -0.2) is 41.7 Å². The van der Waals surface area contributed by atoms with Gasteiger partial charge in [-0.1, -0.05) is 18.2 Å². The number of nitrogens with one attached hydrogen (secondary N) is 1. The number of carbonyl (C=O) groups excluding carboxylic acids is 2. The van der Waals surface area contributed by atoms with Crippen LogP contribution in [0.4, 0.5) is 5.69 Å². The predicted octanol–water partition coefficient (Wildman–Crippen LogP) is 1.83. The SMILES string of the molecule is CC1(C)OB(C(=Cc2cccc3c2C(=O)C(=O)N3)CO)OC1(C)C. The van der Waals surface area contributed by atoms with Crippen molar-refractivity contribution in [2.24, 2.45) is 0 Å². The van der Waals surface area contributed by atoms with Crippen molar-refractivity contribution >= 4 is 30.6 Å². The molecule has 0 unspecified atom stereocenters. The standard InChI is InChI=1S/C17H20BNO5/c1-16(2)17(3,4)24-18(23-16)11(9-20)8-10-6-5-7-12-13(10)14(21)15(22)19-12/h5-8,20H,9H2,1-4H3,(H,19,21,22). The van der Waals surface area contributed by atoms with Gasteiger partial charge in [0.1, 0.15) is 0 Å². The van der Waals surface area contributed by atoms with Crippen molar-refractivity contribution in [3.63, 3.8) is 0 Å². The highest BCUT2D eigenvalue weighted by atomic mass is 16.7. The molecule has 1 saturated heterocycles. The summed E-state index contributed by atoms with van der Waals surface area (Å²) in [6.45, 7) is 7.42. The fourth-order valence-electron chi connectivity index (χ4n) is 2.72. The predicted molar refractivity (Wildman–Crippen MR) is 90.5 cm³/mol. The smallest absolute Gasteiger partial charge is 0.400 e. The summed E-state index contributed by atoms with van der Waals surface area (Å²) in [7, 11) is -0.712. The summed E-state index contributed by atoms with van der Waals surface area (Å²) in [6, 6.07) is 5.13. The van der Waals surface area contributed by atoms with Gasteiger partial charge in [-0.2, -0.15) is 0 Å². The number of aliphatic hydroxyl groups is 1. The van der Waals surface area contributed by atoms with E-state index in [1.165, 1.54) is 0 Å². The molecule has 2 heterocycles. The number of hydrogen-bond acceptors (Lipinski definition) is 5. The highest BCUT2D eigenvalue weighted by molar-refractivity contribution is 6.56. The first-order valence-corrected chi connectivity index (χ1v) is 7.82. The normalized spacial score (nSPS) is 21.9. The summed E-state index contributed by atoms with van der Waals surface area (Å²) < 4.78 is 11.9. The number of aliphatic hydroxyl groups excluding tert-OH is 1. The number of rotatable bonds is 3. The minimum Gasteiger partial charge on any atom is -0.400 e. The zero-order chi connectivity index (χ0) is 17.7. The Labute approximate surface area is 141 Å². The van der Waals surface area contributed by atoms with Crippen molar-refractivity contribution in [2.75, 3.05) is 11.9 Å². The maximum absolute atomic E-state index is 12.0. The molecule has 6 nitrogen and oxygen atoms in total. The zero-order valence-electron chi connectivity index (χ0n) is 14.2. The lowest BCUT2D eigenvalue weighted by Crippen LogP contribution is -2.41. The van der Waals surface area contributed by atoms with Gasteiger partial charge in [-0.25, -0.2) is 0 Å². The van der Waals surface area contributed by atoms with Crippen LogP contribution in [0.25, 0.3) is 6.08 Å². The number of anilines is 1. The number of Topliss-reactive ketones (excluding diaryl/α,β-unsaturated/α-hetero) is 1. The molecule has 2 aliphatic rings. The zero-order valence-corrected chi connectivity index (χ0v) is 14.2. The molecule has 2 N–H and O–H groups in total. The highest BCUT2D eigenvalue weighted by Gasteiger charge is 2.52. The van der Waals surface area contributed by atoms with E-state index in [2.05, 4.69) is 5.32 Å². The molecule has 3 rings (SSSR count). The van der Waals surface area contributed by atoms with E-state index in [0.717, 1.165) is 0 Å². The molecule has 1 aromatic rings. The average molecular weight is 329 g/mol. The number of carbonyl (C=O) groups is 2. The molecule has 1 amide bonds. The molecule has 7 heteroatoms. The molecule has 1 fully saturated rings. The first-order valence-electron chi connectivity index (χ1n) is 7.82. The first-order chi connectivity index (χ1) is 11.2. The van der Waals surface area contributed by atoms with E-state index in [1.807, 2.05) is 27.7 Å². The number of ketones is 1. The van der Waals surface area contributed by atoms with Crippen LogP contribution in [0.5, 0.6) is 0 Å². The Hall–Kier alpha value is -1.96. The van der Waals surface area contributed by atoms with Gasteiger partial charge in [0.25, 0.3) is 11.7 Å². The Balaban J connectivity index is 1.99. The van der Waals surface area contributed by atoms with Crippen molar-refractivity contribution < 1.29 is 24.0 Å². The van der Waals surface area contributed by atoms with Crippen molar-refractivity contribution in [3.8, 4) is 0 Å². The highest BCUT2D eigenvalue weighted by Crippen LogP contribution is 2.39. The van der Waals surface area contributed by atoms with Crippen LogP contribution in [0.2, 0.25) is 0 Å². The maximum Gasteiger partial charge on any atom is 0.492 e. The van der Waals surface area contributed by atoms with Gasteiger partial charge in [0, 0.05) is 0 Å². The maximum atomic E-state index is 12.0. The topological polar surface area (TPSA) is 84.9 Å². The third kappa shape index (κ3) is 2.58. The molecule has 126 valence electrons. The molecule has 24 heavy (non-hydrogen) atoms. The lowest BCUT2D eigenvalue weighted by Gasteiger charge is -2.32. The third-order valence-electron chi connectivity index (χ3n) is 4.86. The number of benzene rings is 1. The molecule has 0 spiro atoms. The van der Waals surface area contributed by atoms with Gasteiger partial charge in [-0.3, -0.25) is 9.59 Å². The second-order valence-corrected chi connectivity index (χ2v) is 7.02. The van der Waals surface area contributed by atoms with Crippen molar-refractivity contribution in [2.45, 2.75) is 38.9 Å². The van der Waals surface area contributed by atoms with E-state index >= 15 is 0 Å². The third-order valence-corrected chi connectivity index (χ3v) is 4.86. The molecule has 2 aliphatic heterocycles. The van der Waals surface area contributed by atoms with E-state index in [1.54, 1.807) is 24.3 Å². The molecular formula is C17H20BNO5. The van der Waals surface area contributed by atoms with Crippen LogP contribution in [0.3, 0.4) is 0 Å². The van der Waals surface area contributed by atoms with E-state index in [0.29, 0.717) is 22.3 Å². The van der Waals surface area contributed by atoms with Crippen LogP contribution >= 0.6 is 0 Å². The Morgan fingerprint density at radius 2 is 1.83 bits per heavy atom. The Morgan fingerprint density at radius 1 is 1.21 bits per heavy atom. The first kappa shape index (κ1) is 16.9. The van der Waals surface area contributed by atoms with Gasteiger partial charge in [-0.05, 0) is 44.8 Å². The lowest BCUT2D eigenvalue weighted by molar-refractivity contribution is -0.112. The number of fused-ring (bicyclic) bond motifs is 1. The van der Waals surface area contributed by atoms with Gasteiger partial charge in [-0.15, -0.1) is 0 Å². The monoisotopic (exact) mass is 329 g/mol. The minimum atomic E-state index is -0.712. The number of amides is 1. The fourth-order valence-corrected chi connectivity index (χ4v) is 2.72. The van der Waals surface area contributed by atoms with Gasteiger partial charge in [0.2, 0.25) is 0 Å². The van der Waals surface area contributed by atoms with E-state index in [9.17, 15) is 14.7 Å². The van der Waals surface area contributed by atoms with E-state index < -0.39 is 30.0 Å². The van der Waals surface area contributed by atoms with E-state index in [4.69, 9.17) is 9.31 Å². The Morgan fingerprint density at radius 3 is 2.42 bits per heavy atom. The van der Waals surface area contributed by atoms with Crippen LogP contribution in [0, 0.1) is 0 Å². The quantitative estimate of drug-likeness (QED) is 0.653.